The van der Waals surface area contributed by atoms with Crippen molar-refractivity contribution in [3.8, 4) is 5.75 Å². The Morgan fingerprint density at radius 3 is 2.67 bits per heavy atom. The molecule has 0 radical (unpaired) electrons. The van der Waals surface area contributed by atoms with Gasteiger partial charge in [0.2, 0.25) is 5.91 Å². The molecular formula is C30H41N7O2. The third kappa shape index (κ3) is 5.17. The number of pyridine rings is 1. The monoisotopic (exact) mass is 531 g/mol. The number of hydrogen-bond donors (Lipinski definition) is 3. The van der Waals surface area contributed by atoms with E-state index in [9.17, 15) is 4.79 Å². The third-order valence-corrected chi connectivity index (χ3v) is 8.91. The van der Waals surface area contributed by atoms with Crippen LogP contribution in [-0.4, -0.2) is 86.2 Å². The lowest BCUT2D eigenvalue weighted by Crippen LogP contribution is -2.52. The van der Waals surface area contributed by atoms with Gasteiger partial charge in [-0.2, -0.15) is 0 Å². The Kier molecular flexibility index (Phi) is 7.12. The van der Waals surface area contributed by atoms with Gasteiger partial charge in [0.25, 0.3) is 0 Å². The number of likely N-dealkylation sites (tertiary alicyclic amines) is 1. The number of benzene rings is 1. The summed E-state index contributed by atoms with van der Waals surface area (Å²) >= 11 is 0. The largest absolute Gasteiger partial charge is 0.497 e. The number of ether oxygens (including phenoxy) is 1. The molecule has 4 aliphatic heterocycles. The van der Waals surface area contributed by atoms with Gasteiger partial charge >= 0.3 is 0 Å². The van der Waals surface area contributed by atoms with Gasteiger partial charge in [-0.25, -0.2) is 4.98 Å². The van der Waals surface area contributed by atoms with Crippen LogP contribution in [0, 0.1) is 5.41 Å². The van der Waals surface area contributed by atoms with Crippen LogP contribution in [0.3, 0.4) is 0 Å². The minimum atomic E-state index is -0.453. The molecule has 4 N–H and O–H groups in total. The van der Waals surface area contributed by atoms with Gasteiger partial charge in [0, 0.05) is 80.4 Å². The lowest BCUT2D eigenvalue weighted by atomic mass is 9.80. The molecule has 3 atom stereocenters. The molecule has 0 saturated carbocycles. The highest BCUT2D eigenvalue weighted by Crippen LogP contribution is 2.44. The summed E-state index contributed by atoms with van der Waals surface area (Å²) in [6, 6.07) is 10.2. The highest BCUT2D eigenvalue weighted by Gasteiger charge is 2.40. The number of aromatic nitrogens is 1. The van der Waals surface area contributed by atoms with Crippen molar-refractivity contribution >= 4 is 23.1 Å². The van der Waals surface area contributed by atoms with Gasteiger partial charge in [-0.1, -0.05) is 6.07 Å². The SMILES string of the molecule is COc1ccc2c(c1)NC(c1ccc(N3CCN(C(=O)C(C)N)CC3)nc1)C=C2N1CCC2(CCCNC2)C1. The summed E-state index contributed by atoms with van der Waals surface area (Å²) in [7, 11) is 1.72. The van der Waals surface area contributed by atoms with Crippen LogP contribution >= 0.6 is 0 Å². The minimum absolute atomic E-state index is 0.0164. The molecule has 4 aliphatic rings. The fourth-order valence-corrected chi connectivity index (χ4v) is 6.64. The molecule has 39 heavy (non-hydrogen) atoms. The average molecular weight is 532 g/mol. The van der Waals surface area contributed by atoms with Gasteiger partial charge in [0.15, 0.2) is 0 Å². The van der Waals surface area contributed by atoms with E-state index in [-0.39, 0.29) is 11.9 Å². The zero-order chi connectivity index (χ0) is 27.0. The number of fused-ring (bicyclic) bond motifs is 1. The fourth-order valence-electron chi connectivity index (χ4n) is 6.64. The fraction of sp³-hybridized carbons (Fsp3) is 0.533. The number of nitrogens with two attached hydrogens (primary N) is 1. The molecule has 0 aliphatic carbocycles. The van der Waals surface area contributed by atoms with Gasteiger partial charge in [0.1, 0.15) is 11.6 Å². The second-order valence-corrected chi connectivity index (χ2v) is 11.6. The highest BCUT2D eigenvalue weighted by molar-refractivity contribution is 5.82. The predicted molar refractivity (Wildman–Crippen MR) is 155 cm³/mol. The van der Waals surface area contributed by atoms with Crippen LogP contribution in [0.4, 0.5) is 11.5 Å². The molecule has 3 fully saturated rings. The number of amides is 1. The van der Waals surface area contributed by atoms with Gasteiger partial charge in [-0.15, -0.1) is 0 Å². The highest BCUT2D eigenvalue weighted by atomic mass is 16.5. The number of hydrogen-bond acceptors (Lipinski definition) is 8. The van der Waals surface area contributed by atoms with Crippen molar-refractivity contribution in [1.82, 2.24) is 20.1 Å². The lowest BCUT2D eigenvalue weighted by Gasteiger charge is -2.37. The lowest BCUT2D eigenvalue weighted by molar-refractivity contribution is -0.132. The Bertz CT molecular complexity index is 1210. The molecule has 1 amide bonds. The molecule has 1 spiro atoms. The summed E-state index contributed by atoms with van der Waals surface area (Å²) in [6.45, 7) is 9.05. The Morgan fingerprint density at radius 2 is 1.97 bits per heavy atom. The first-order valence-electron chi connectivity index (χ1n) is 14.3. The quantitative estimate of drug-likeness (QED) is 0.542. The first kappa shape index (κ1) is 26.0. The molecule has 208 valence electrons. The van der Waals surface area contributed by atoms with Crippen molar-refractivity contribution in [2.75, 3.05) is 69.7 Å². The van der Waals surface area contributed by atoms with E-state index in [1.54, 1.807) is 14.0 Å². The van der Waals surface area contributed by atoms with Crippen LogP contribution in [-0.2, 0) is 4.79 Å². The summed E-state index contributed by atoms with van der Waals surface area (Å²) in [5, 5.41) is 7.38. The summed E-state index contributed by atoms with van der Waals surface area (Å²) in [5.74, 6) is 1.82. The molecule has 9 nitrogen and oxygen atoms in total. The van der Waals surface area contributed by atoms with E-state index < -0.39 is 6.04 Å². The molecule has 3 unspecified atom stereocenters. The van der Waals surface area contributed by atoms with Gasteiger partial charge < -0.3 is 35.8 Å². The number of rotatable bonds is 5. The van der Waals surface area contributed by atoms with E-state index in [1.165, 1.54) is 30.5 Å². The van der Waals surface area contributed by atoms with Crippen LogP contribution in [0.25, 0.3) is 5.70 Å². The normalized spacial score (nSPS) is 25.7. The second-order valence-electron chi connectivity index (χ2n) is 11.6. The van der Waals surface area contributed by atoms with E-state index in [0.29, 0.717) is 18.5 Å². The zero-order valence-corrected chi connectivity index (χ0v) is 23.2. The second kappa shape index (κ2) is 10.7. The molecule has 1 aromatic carbocycles. The van der Waals surface area contributed by atoms with Gasteiger partial charge in [-0.3, -0.25) is 4.79 Å². The van der Waals surface area contributed by atoms with Crippen molar-refractivity contribution in [1.29, 1.82) is 0 Å². The number of anilines is 2. The number of piperidine rings is 1. The van der Waals surface area contributed by atoms with E-state index in [1.807, 2.05) is 11.1 Å². The topological polar surface area (TPSA) is 99.0 Å². The molecule has 5 heterocycles. The van der Waals surface area contributed by atoms with E-state index in [2.05, 4.69) is 56.8 Å². The van der Waals surface area contributed by atoms with Crippen LogP contribution in [0.15, 0.2) is 42.6 Å². The molecule has 9 heteroatoms. The Labute approximate surface area is 231 Å². The van der Waals surface area contributed by atoms with Crippen molar-refractivity contribution in [2.45, 2.75) is 38.3 Å². The van der Waals surface area contributed by atoms with Crippen molar-refractivity contribution < 1.29 is 9.53 Å². The first-order valence-corrected chi connectivity index (χ1v) is 14.3. The first-order chi connectivity index (χ1) is 18.9. The molecule has 3 saturated heterocycles. The van der Waals surface area contributed by atoms with Gasteiger partial charge in [0.05, 0.1) is 19.2 Å². The molecule has 0 bridgehead atoms. The average Bonchev–Trinajstić information content (AvgIpc) is 3.38. The van der Waals surface area contributed by atoms with E-state index in [0.717, 1.165) is 62.1 Å². The molecule has 1 aromatic heterocycles. The molecular weight excluding hydrogens is 490 g/mol. The summed E-state index contributed by atoms with van der Waals surface area (Å²) in [5.41, 5.74) is 10.9. The van der Waals surface area contributed by atoms with Crippen LogP contribution in [0.1, 0.15) is 43.4 Å². The Hall–Kier alpha value is -3.30. The smallest absolute Gasteiger partial charge is 0.239 e. The van der Waals surface area contributed by atoms with E-state index >= 15 is 0 Å². The van der Waals surface area contributed by atoms with Crippen LogP contribution < -0.4 is 26.0 Å². The Morgan fingerprint density at radius 1 is 1.13 bits per heavy atom. The standard InChI is InChI=1S/C30H41N7O2/c1-21(31)29(38)36-14-12-35(13-15-36)28-7-4-22(18-33-28)25-17-27(24-6-5-23(39-2)16-26(24)34-25)37-11-9-30(20-37)8-3-10-32-19-30/h4-7,16-18,21,25,32,34H,3,8-15,19-20,31H2,1-2H3. The number of carbonyl (C=O) groups is 1. The zero-order valence-electron chi connectivity index (χ0n) is 23.2. The number of nitrogens with one attached hydrogen (secondary N) is 2. The summed E-state index contributed by atoms with van der Waals surface area (Å²) < 4.78 is 5.56. The van der Waals surface area contributed by atoms with Crippen LogP contribution in [0.5, 0.6) is 5.75 Å². The number of nitrogens with zero attached hydrogens (tertiary/aromatic N) is 4. The predicted octanol–water partition coefficient (Wildman–Crippen LogP) is 2.67. The number of methoxy groups -OCH3 is 1. The van der Waals surface area contributed by atoms with Crippen molar-refractivity contribution in [3.05, 3.63) is 53.7 Å². The Balaban J connectivity index is 1.21. The van der Waals surface area contributed by atoms with Crippen LogP contribution in [0.2, 0.25) is 0 Å². The number of carbonyl (C=O) groups excluding carboxylic acids is 1. The third-order valence-electron chi connectivity index (χ3n) is 8.91. The maximum atomic E-state index is 12.2. The molecule has 2 aromatic rings. The van der Waals surface area contributed by atoms with Crippen molar-refractivity contribution in [2.24, 2.45) is 11.1 Å². The summed E-state index contributed by atoms with van der Waals surface area (Å²) in [4.78, 5) is 23.8. The minimum Gasteiger partial charge on any atom is -0.497 e. The van der Waals surface area contributed by atoms with Crippen molar-refractivity contribution in [3.63, 3.8) is 0 Å². The number of piperazine rings is 1. The maximum absolute atomic E-state index is 12.2. The van der Waals surface area contributed by atoms with E-state index in [4.69, 9.17) is 15.5 Å². The summed E-state index contributed by atoms with van der Waals surface area (Å²) in [6.07, 6.45) is 8.17. The van der Waals surface area contributed by atoms with Gasteiger partial charge in [-0.05, 0) is 62.6 Å². The molecule has 6 rings (SSSR count). The maximum Gasteiger partial charge on any atom is 0.239 e.